The van der Waals surface area contributed by atoms with Gasteiger partial charge in [-0.3, -0.25) is 18.9 Å². The van der Waals surface area contributed by atoms with Crippen molar-refractivity contribution in [3.05, 3.63) is 64.3 Å². The van der Waals surface area contributed by atoms with Crippen molar-refractivity contribution in [1.82, 2.24) is 14.8 Å². The molecule has 202 valence electrons. The van der Waals surface area contributed by atoms with Gasteiger partial charge in [0.2, 0.25) is 11.8 Å². The molecule has 0 unspecified atom stereocenters. The largest absolute Gasteiger partial charge is 0.359 e. The highest BCUT2D eigenvalue weighted by atomic mass is 35.5. The van der Waals surface area contributed by atoms with E-state index in [9.17, 15) is 41.9 Å². The Morgan fingerprint density at radius 2 is 1.92 bits per heavy atom. The summed E-state index contributed by atoms with van der Waals surface area (Å²) in [5.74, 6) is -3.87. The van der Waals surface area contributed by atoms with E-state index in [1.165, 1.54) is 35.9 Å². The SMILES string of the molecule is CC(=O)c1cn(CC(=O)N2C[C@H](F)C[C@H]2C(=O)NCc2cccc(Cl)c2F)c2cc(P(=O)(O)O)c(F)cc12. The molecule has 14 heteroatoms. The molecule has 2 amide bonds. The number of hydrogen-bond donors (Lipinski definition) is 3. The van der Waals surface area contributed by atoms with Gasteiger partial charge in [-0.15, -0.1) is 0 Å². The number of alkyl halides is 1. The first-order chi connectivity index (χ1) is 17.8. The van der Waals surface area contributed by atoms with Crippen molar-refractivity contribution >= 4 is 53.0 Å². The van der Waals surface area contributed by atoms with Gasteiger partial charge >= 0.3 is 7.60 Å². The number of carbonyl (C=O) groups excluding carboxylic acids is 3. The van der Waals surface area contributed by atoms with Crippen molar-refractivity contribution in [2.75, 3.05) is 6.54 Å². The fourth-order valence-corrected chi connectivity index (χ4v) is 5.29. The molecule has 38 heavy (non-hydrogen) atoms. The monoisotopic (exact) mass is 571 g/mol. The minimum Gasteiger partial charge on any atom is -0.350 e. The standard InChI is InChI=1S/C24H22ClF3N3O6P/c1-12(32)16-10-30(19-7-21(38(35,36)37)18(27)6-15(16)19)11-22(33)31-9-14(26)5-20(31)24(34)29-8-13-3-2-4-17(25)23(13)28/h2-4,6-7,10,14,20H,5,8-9,11H2,1H3,(H,29,34)(H2,35,36,37)/t14-,20+/m1/s1. The first-order valence-corrected chi connectivity index (χ1v) is 13.3. The first-order valence-electron chi connectivity index (χ1n) is 11.3. The Morgan fingerprint density at radius 3 is 2.58 bits per heavy atom. The van der Waals surface area contributed by atoms with Gasteiger partial charge < -0.3 is 24.6 Å². The number of nitrogens with zero attached hydrogens (tertiary/aromatic N) is 2. The van der Waals surface area contributed by atoms with Crippen molar-refractivity contribution in [2.45, 2.75) is 38.6 Å². The summed E-state index contributed by atoms with van der Waals surface area (Å²) >= 11 is 5.75. The second-order valence-electron chi connectivity index (χ2n) is 8.92. The Hall–Kier alpha value is -3.18. The van der Waals surface area contributed by atoms with E-state index in [-0.39, 0.29) is 40.0 Å². The summed E-state index contributed by atoms with van der Waals surface area (Å²) in [7, 11) is -5.03. The molecule has 0 bridgehead atoms. The number of halogens is 4. The zero-order valence-electron chi connectivity index (χ0n) is 19.8. The number of Topliss-reactive ketones (excluding diaryl/α,β-unsaturated/α-hetero) is 1. The molecule has 2 atom stereocenters. The molecule has 0 aliphatic carbocycles. The average Bonchev–Trinajstić information content (AvgIpc) is 3.39. The highest BCUT2D eigenvalue weighted by Crippen LogP contribution is 2.36. The molecule has 0 saturated carbocycles. The molecule has 1 aromatic heterocycles. The fourth-order valence-electron chi connectivity index (χ4n) is 4.46. The highest BCUT2D eigenvalue weighted by molar-refractivity contribution is 7.60. The van der Waals surface area contributed by atoms with Gasteiger partial charge in [-0.1, -0.05) is 23.7 Å². The Labute approximate surface area is 219 Å². The maximum atomic E-state index is 14.4. The molecular formula is C24H22ClF3N3O6P. The summed E-state index contributed by atoms with van der Waals surface area (Å²) < 4.78 is 55.8. The van der Waals surface area contributed by atoms with Gasteiger partial charge in [-0.25, -0.2) is 13.2 Å². The third-order valence-corrected chi connectivity index (χ3v) is 7.57. The van der Waals surface area contributed by atoms with E-state index < -0.39 is 67.4 Å². The zero-order chi connectivity index (χ0) is 27.9. The predicted octanol–water partition coefficient (Wildman–Crippen LogP) is 2.83. The van der Waals surface area contributed by atoms with Crippen LogP contribution >= 0.6 is 19.2 Å². The molecule has 3 N–H and O–H groups in total. The number of hydrogen-bond acceptors (Lipinski definition) is 4. The molecule has 4 rings (SSSR count). The van der Waals surface area contributed by atoms with Gasteiger partial charge in [0.1, 0.15) is 35.7 Å². The maximum absolute atomic E-state index is 14.4. The molecule has 1 aliphatic rings. The molecule has 0 spiro atoms. The van der Waals surface area contributed by atoms with Gasteiger partial charge in [0, 0.05) is 35.7 Å². The zero-order valence-corrected chi connectivity index (χ0v) is 21.5. The van der Waals surface area contributed by atoms with Gasteiger partial charge in [0.05, 0.1) is 17.1 Å². The molecular weight excluding hydrogens is 550 g/mol. The molecule has 1 fully saturated rings. The van der Waals surface area contributed by atoms with Crippen LogP contribution in [0.3, 0.4) is 0 Å². The lowest BCUT2D eigenvalue weighted by atomic mass is 10.1. The summed E-state index contributed by atoms with van der Waals surface area (Å²) in [5.41, 5.74) is 0.102. The van der Waals surface area contributed by atoms with Crippen LogP contribution in [0.25, 0.3) is 10.9 Å². The number of ketones is 1. The van der Waals surface area contributed by atoms with E-state index in [0.717, 1.165) is 17.0 Å². The number of carbonyl (C=O) groups is 3. The number of nitrogens with one attached hydrogen (secondary N) is 1. The van der Waals surface area contributed by atoms with E-state index in [1.54, 1.807) is 0 Å². The lowest BCUT2D eigenvalue weighted by molar-refractivity contribution is -0.139. The van der Waals surface area contributed by atoms with E-state index in [1.807, 2.05) is 0 Å². The van der Waals surface area contributed by atoms with Crippen molar-refractivity contribution in [1.29, 1.82) is 0 Å². The lowest BCUT2D eigenvalue weighted by Gasteiger charge is -2.24. The third-order valence-electron chi connectivity index (χ3n) is 6.31. The second-order valence-corrected chi connectivity index (χ2v) is 10.9. The van der Waals surface area contributed by atoms with Crippen LogP contribution in [0.1, 0.15) is 29.3 Å². The van der Waals surface area contributed by atoms with Crippen LogP contribution in [0, 0.1) is 11.6 Å². The van der Waals surface area contributed by atoms with Crippen LogP contribution in [0.4, 0.5) is 13.2 Å². The number of amides is 2. The van der Waals surface area contributed by atoms with Gasteiger partial charge in [0.15, 0.2) is 5.78 Å². The quantitative estimate of drug-likeness (QED) is 0.295. The molecule has 2 aromatic carbocycles. The van der Waals surface area contributed by atoms with Crippen LogP contribution < -0.4 is 10.6 Å². The van der Waals surface area contributed by atoms with Gasteiger partial charge in [-0.05, 0) is 25.1 Å². The van der Waals surface area contributed by atoms with Crippen LogP contribution in [-0.4, -0.2) is 55.6 Å². The van der Waals surface area contributed by atoms with Crippen LogP contribution in [-0.2, 0) is 27.2 Å². The maximum Gasteiger partial charge on any atom is 0.359 e. The number of benzene rings is 2. The molecule has 1 saturated heterocycles. The fraction of sp³-hybridized carbons (Fsp3) is 0.292. The molecule has 1 aliphatic heterocycles. The topological polar surface area (TPSA) is 129 Å². The number of fused-ring (bicyclic) bond motifs is 1. The number of rotatable bonds is 7. The van der Waals surface area contributed by atoms with Crippen LogP contribution in [0.5, 0.6) is 0 Å². The van der Waals surface area contributed by atoms with Gasteiger partial charge in [-0.2, -0.15) is 0 Å². The van der Waals surface area contributed by atoms with Gasteiger partial charge in [0.25, 0.3) is 0 Å². The van der Waals surface area contributed by atoms with Crippen LogP contribution in [0.2, 0.25) is 5.02 Å². The minimum atomic E-state index is -5.03. The van der Waals surface area contributed by atoms with Crippen molar-refractivity contribution < 1.29 is 41.9 Å². The van der Waals surface area contributed by atoms with E-state index >= 15 is 0 Å². The number of aromatic nitrogens is 1. The summed E-state index contributed by atoms with van der Waals surface area (Å²) in [5, 5.41) is 1.46. The molecule has 9 nitrogen and oxygen atoms in total. The normalized spacial score (nSPS) is 17.7. The molecule has 2 heterocycles. The summed E-state index contributed by atoms with van der Waals surface area (Å²) in [6, 6.07) is 4.70. The third kappa shape index (κ3) is 5.49. The van der Waals surface area contributed by atoms with Crippen molar-refractivity contribution in [3.8, 4) is 0 Å². The minimum absolute atomic E-state index is 0.00305. The van der Waals surface area contributed by atoms with E-state index in [4.69, 9.17) is 11.6 Å². The van der Waals surface area contributed by atoms with Crippen LogP contribution in [0.15, 0.2) is 36.5 Å². The van der Waals surface area contributed by atoms with Crippen molar-refractivity contribution in [2.24, 2.45) is 0 Å². The Bertz CT molecular complexity index is 1510. The summed E-state index contributed by atoms with van der Waals surface area (Å²) in [6.07, 6.45) is -0.579. The summed E-state index contributed by atoms with van der Waals surface area (Å²) in [4.78, 5) is 58.1. The summed E-state index contributed by atoms with van der Waals surface area (Å²) in [6.45, 7) is 0.0215. The predicted molar refractivity (Wildman–Crippen MR) is 132 cm³/mol. The highest BCUT2D eigenvalue weighted by Gasteiger charge is 2.40. The molecule has 3 aromatic rings. The van der Waals surface area contributed by atoms with E-state index in [0.29, 0.717) is 0 Å². The second kappa shape index (κ2) is 10.5. The molecule has 0 radical (unpaired) electrons. The van der Waals surface area contributed by atoms with Crippen molar-refractivity contribution in [3.63, 3.8) is 0 Å². The van der Waals surface area contributed by atoms with E-state index in [2.05, 4.69) is 5.32 Å². The smallest absolute Gasteiger partial charge is 0.350 e. The lowest BCUT2D eigenvalue weighted by Crippen LogP contribution is -2.46. The Kier molecular flexibility index (Phi) is 7.72. The number of likely N-dealkylation sites (tertiary alicyclic amines) is 1. The first kappa shape index (κ1) is 27.8. The Morgan fingerprint density at radius 1 is 1.21 bits per heavy atom. The Balaban J connectivity index is 1.59. The average molecular weight is 572 g/mol.